The minimum absolute atomic E-state index is 0.201. The van der Waals surface area contributed by atoms with Crippen LogP contribution in [0.15, 0.2) is 18.2 Å². The van der Waals surface area contributed by atoms with Gasteiger partial charge in [-0.05, 0) is 39.8 Å². The van der Waals surface area contributed by atoms with E-state index in [1.54, 1.807) is 45.9 Å². The minimum atomic E-state index is -0.622. The molecule has 1 unspecified atom stereocenters. The van der Waals surface area contributed by atoms with Gasteiger partial charge < -0.3 is 9.84 Å². The van der Waals surface area contributed by atoms with Gasteiger partial charge in [-0.1, -0.05) is 17.7 Å². The molecule has 1 rings (SSSR count). The fourth-order valence-electron chi connectivity index (χ4n) is 1.42. The monoisotopic (exact) mass is 286 g/mol. The molecule has 0 aliphatic rings. The molecule has 1 atom stereocenters. The number of anilines is 1. The van der Waals surface area contributed by atoms with Crippen LogP contribution in [0.25, 0.3) is 0 Å². The molecule has 0 radical (unpaired) electrons. The second kappa shape index (κ2) is 6.21. The van der Waals surface area contributed by atoms with E-state index < -0.39 is 17.7 Å². The van der Waals surface area contributed by atoms with Gasteiger partial charge in [-0.25, -0.2) is 9.78 Å². The van der Waals surface area contributed by atoms with Gasteiger partial charge in [-0.15, -0.1) is 0 Å². The molecule has 0 fully saturated rings. The Morgan fingerprint density at radius 1 is 1.53 bits per heavy atom. The van der Waals surface area contributed by atoms with E-state index in [4.69, 9.17) is 16.3 Å². The van der Waals surface area contributed by atoms with Crippen LogP contribution in [0.4, 0.5) is 10.6 Å². The van der Waals surface area contributed by atoms with E-state index in [-0.39, 0.29) is 11.8 Å². The number of aromatic nitrogens is 1. The molecule has 1 amide bonds. The highest BCUT2D eigenvalue weighted by Gasteiger charge is 2.28. The minimum Gasteiger partial charge on any atom is -0.443 e. The molecular weight excluding hydrogens is 268 g/mol. The number of pyridine rings is 1. The van der Waals surface area contributed by atoms with Crippen LogP contribution in [0.3, 0.4) is 0 Å². The molecule has 1 heterocycles. The number of carbonyl (C=O) groups is 1. The Hall–Kier alpha value is -1.33. The van der Waals surface area contributed by atoms with Crippen LogP contribution in [-0.4, -0.2) is 34.4 Å². The number of rotatable bonds is 3. The van der Waals surface area contributed by atoms with Gasteiger partial charge >= 0.3 is 6.09 Å². The third kappa shape index (κ3) is 4.69. The molecule has 1 N–H and O–H groups in total. The van der Waals surface area contributed by atoms with Gasteiger partial charge in [0.15, 0.2) is 0 Å². The predicted octanol–water partition coefficient (Wildman–Crippen LogP) is 2.86. The molecule has 1 aromatic rings. The molecule has 0 aliphatic heterocycles. The normalized spacial score (nSPS) is 12.9. The first kappa shape index (κ1) is 15.7. The van der Waals surface area contributed by atoms with Gasteiger partial charge in [-0.3, -0.25) is 4.90 Å². The number of hydrogen-bond acceptors (Lipinski definition) is 4. The molecule has 0 aliphatic carbocycles. The topological polar surface area (TPSA) is 62.7 Å². The summed E-state index contributed by atoms with van der Waals surface area (Å²) in [5, 5.41) is 9.55. The fourth-order valence-corrected chi connectivity index (χ4v) is 1.58. The number of hydrogen-bond donors (Lipinski definition) is 1. The summed E-state index contributed by atoms with van der Waals surface area (Å²) in [5.41, 5.74) is -0.622. The number of halogens is 1. The first-order valence-electron chi connectivity index (χ1n) is 6.00. The van der Waals surface area contributed by atoms with Crippen molar-refractivity contribution in [3.05, 3.63) is 23.4 Å². The Labute approximate surface area is 118 Å². The lowest BCUT2D eigenvalue weighted by Gasteiger charge is -2.30. The third-order valence-corrected chi connectivity index (χ3v) is 2.45. The summed E-state index contributed by atoms with van der Waals surface area (Å²) >= 11 is 5.82. The molecule has 19 heavy (non-hydrogen) atoms. The van der Waals surface area contributed by atoms with Crippen molar-refractivity contribution in [2.75, 3.05) is 11.5 Å². The van der Waals surface area contributed by atoms with E-state index in [0.717, 1.165) is 0 Å². The smallest absolute Gasteiger partial charge is 0.416 e. The number of carbonyl (C=O) groups excluding carboxylic acids is 1. The van der Waals surface area contributed by atoms with Crippen molar-refractivity contribution in [3.8, 4) is 0 Å². The fraction of sp³-hybridized carbons (Fsp3) is 0.538. The van der Waals surface area contributed by atoms with Crippen LogP contribution in [-0.2, 0) is 4.74 Å². The van der Waals surface area contributed by atoms with Crippen LogP contribution in [0, 0.1) is 0 Å². The van der Waals surface area contributed by atoms with Crippen molar-refractivity contribution in [1.82, 2.24) is 4.98 Å². The van der Waals surface area contributed by atoms with E-state index >= 15 is 0 Å². The maximum absolute atomic E-state index is 12.2. The van der Waals surface area contributed by atoms with Crippen LogP contribution in [0.2, 0.25) is 5.15 Å². The number of nitrogens with zero attached hydrogens (tertiary/aromatic N) is 2. The first-order chi connectivity index (χ1) is 8.74. The zero-order valence-electron chi connectivity index (χ0n) is 11.6. The molecule has 0 aromatic carbocycles. The molecule has 6 heteroatoms. The van der Waals surface area contributed by atoms with E-state index in [1.807, 2.05) is 0 Å². The van der Waals surface area contributed by atoms with Crippen molar-refractivity contribution in [2.24, 2.45) is 0 Å². The van der Waals surface area contributed by atoms with Crippen LogP contribution in [0.5, 0.6) is 0 Å². The van der Waals surface area contributed by atoms with Gasteiger partial charge in [0, 0.05) is 0 Å². The second-order valence-corrected chi connectivity index (χ2v) is 5.59. The van der Waals surface area contributed by atoms with Crippen LogP contribution in [0.1, 0.15) is 27.7 Å². The number of ether oxygens (including phenoxy) is 1. The lowest BCUT2D eigenvalue weighted by molar-refractivity contribution is 0.0554. The number of aliphatic hydroxyl groups is 1. The third-order valence-electron chi connectivity index (χ3n) is 2.24. The Morgan fingerprint density at radius 3 is 2.63 bits per heavy atom. The quantitative estimate of drug-likeness (QED) is 0.868. The highest BCUT2D eigenvalue weighted by Crippen LogP contribution is 2.20. The van der Waals surface area contributed by atoms with Gasteiger partial charge in [-0.2, -0.15) is 0 Å². The summed E-state index contributed by atoms with van der Waals surface area (Å²) in [6.45, 7) is 6.83. The van der Waals surface area contributed by atoms with Crippen molar-refractivity contribution < 1.29 is 14.6 Å². The summed E-state index contributed by atoms with van der Waals surface area (Å²) in [6, 6.07) is 4.48. The predicted molar refractivity (Wildman–Crippen MR) is 74.5 cm³/mol. The first-order valence-corrected chi connectivity index (χ1v) is 6.38. The Kier molecular flexibility index (Phi) is 5.14. The van der Waals surface area contributed by atoms with Crippen molar-refractivity contribution >= 4 is 23.5 Å². The maximum Gasteiger partial charge on any atom is 0.416 e. The van der Waals surface area contributed by atoms with E-state index in [0.29, 0.717) is 5.82 Å². The Morgan fingerprint density at radius 2 is 2.16 bits per heavy atom. The van der Waals surface area contributed by atoms with E-state index in [2.05, 4.69) is 4.98 Å². The molecule has 106 valence electrons. The largest absolute Gasteiger partial charge is 0.443 e. The lowest BCUT2D eigenvalue weighted by Crippen LogP contribution is -2.44. The van der Waals surface area contributed by atoms with Crippen molar-refractivity contribution in [3.63, 3.8) is 0 Å². The summed E-state index contributed by atoms with van der Waals surface area (Å²) < 4.78 is 5.31. The van der Waals surface area contributed by atoms with E-state index in [1.165, 1.54) is 4.90 Å². The molecule has 0 saturated heterocycles. The molecule has 1 aromatic heterocycles. The van der Waals surface area contributed by atoms with Gasteiger partial charge in [0.05, 0.1) is 12.6 Å². The van der Waals surface area contributed by atoms with Gasteiger partial charge in [0.25, 0.3) is 0 Å². The average Bonchev–Trinajstić information content (AvgIpc) is 2.26. The second-order valence-electron chi connectivity index (χ2n) is 5.20. The summed E-state index contributed by atoms with van der Waals surface area (Å²) in [7, 11) is 0. The van der Waals surface area contributed by atoms with Gasteiger partial charge in [0.2, 0.25) is 0 Å². The van der Waals surface area contributed by atoms with Crippen molar-refractivity contribution in [1.29, 1.82) is 0 Å². The average molecular weight is 287 g/mol. The number of aliphatic hydroxyl groups excluding tert-OH is 1. The van der Waals surface area contributed by atoms with Crippen molar-refractivity contribution in [2.45, 2.75) is 39.3 Å². The zero-order valence-corrected chi connectivity index (χ0v) is 12.3. The summed E-state index contributed by atoms with van der Waals surface area (Å²) in [4.78, 5) is 17.5. The highest BCUT2D eigenvalue weighted by atomic mass is 35.5. The highest BCUT2D eigenvalue weighted by molar-refractivity contribution is 6.29. The Bertz CT molecular complexity index is 446. The SMILES string of the molecule is CC(CO)N(C(=O)OC(C)(C)C)c1cccc(Cl)n1. The maximum atomic E-state index is 12.2. The molecule has 0 spiro atoms. The molecule has 0 saturated carbocycles. The van der Waals surface area contributed by atoms with Gasteiger partial charge in [0.1, 0.15) is 16.6 Å². The van der Waals surface area contributed by atoms with Crippen LogP contribution >= 0.6 is 11.6 Å². The van der Waals surface area contributed by atoms with E-state index in [9.17, 15) is 9.90 Å². The summed E-state index contributed by atoms with van der Waals surface area (Å²) in [5.74, 6) is 0.350. The zero-order chi connectivity index (χ0) is 14.6. The van der Waals surface area contributed by atoms with Crippen LogP contribution < -0.4 is 4.90 Å². The molecule has 0 bridgehead atoms. The Balaban J connectivity index is 3.05. The molecular formula is C13H19ClN2O3. The summed E-state index contributed by atoms with van der Waals surface area (Å²) in [6.07, 6.45) is -0.566. The molecule has 5 nitrogen and oxygen atoms in total. The lowest BCUT2D eigenvalue weighted by atomic mass is 10.2. The number of amides is 1. The standard InChI is InChI=1S/C13H19ClN2O3/c1-9(8-17)16(12(18)19-13(2,3)4)11-7-5-6-10(14)15-11/h5-7,9,17H,8H2,1-4H3.